The number of anilines is 1. The number of fused-ring (bicyclic) bond motifs is 1. The third kappa shape index (κ3) is 4.38. The fraction of sp³-hybridized carbons (Fsp3) is 0.381. The number of pyridine rings is 1. The maximum Gasteiger partial charge on any atom is 0.264 e. The minimum absolute atomic E-state index is 0.0200. The summed E-state index contributed by atoms with van der Waals surface area (Å²) in [6.07, 6.45) is 3.75. The minimum Gasteiger partial charge on any atom is -0.491 e. The van der Waals surface area contributed by atoms with Gasteiger partial charge >= 0.3 is 0 Å². The molecule has 0 unspecified atom stereocenters. The van der Waals surface area contributed by atoms with Gasteiger partial charge in [-0.05, 0) is 43.2 Å². The molecule has 1 aromatic carbocycles. The average Bonchev–Trinajstić information content (AvgIpc) is 3.31. The van der Waals surface area contributed by atoms with Crippen LogP contribution in [0.5, 0.6) is 5.75 Å². The van der Waals surface area contributed by atoms with Crippen molar-refractivity contribution in [2.24, 2.45) is 7.05 Å². The smallest absolute Gasteiger partial charge is 0.264 e. The van der Waals surface area contributed by atoms with Crippen LogP contribution in [0.3, 0.4) is 0 Å². The van der Waals surface area contributed by atoms with Gasteiger partial charge in [0.05, 0.1) is 24.1 Å². The van der Waals surface area contributed by atoms with Crippen molar-refractivity contribution in [2.75, 3.05) is 38.3 Å². The van der Waals surface area contributed by atoms with E-state index in [9.17, 15) is 4.79 Å². The summed E-state index contributed by atoms with van der Waals surface area (Å²) < 4.78 is 6.91. The highest BCUT2D eigenvalue weighted by Gasteiger charge is 2.20. The van der Waals surface area contributed by atoms with Crippen LogP contribution in [0.1, 0.15) is 12.8 Å². The molecule has 2 aromatic heterocycles. The molecule has 8 nitrogen and oxygen atoms in total. The zero-order valence-corrected chi connectivity index (χ0v) is 16.7. The number of hydrogen-bond donors (Lipinski definition) is 2. The number of nitrogens with zero attached hydrogens (tertiary/aromatic N) is 4. The Labute approximate surface area is 169 Å². The lowest BCUT2D eigenvalue weighted by Gasteiger charge is -2.19. The first-order valence-electron chi connectivity index (χ1n) is 9.57. The van der Waals surface area contributed by atoms with Crippen LogP contribution < -0.4 is 15.2 Å². The number of ether oxygens (including phenoxy) is 1. The lowest BCUT2D eigenvalue weighted by Crippen LogP contribution is -2.25. The van der Waals surface area contributed by atoms with Crippen LogP contribution in [0.4, 0.5) is 5.82 Å². The molecule has 0 saturated carbocycles. The van der Waals surface area contributed by atoms with Gasteiger partial charge in [-0.1, -0.05) is 0 Å². The molecular formula is C21H26N4O4. The summed E-state index contributed by atoms with van der Waals surface area (Å²) in [5.41, 5.74) is 2.29. The van der Waals surface area contributed by atoms with Crippen molar-refractivity contribution < 1.29 is 14.9 Å². The Balaban J connectivity index is 0.00000117. The zero-order valence-electron chi connectivity index (χ0n) is 16.7. The lowest BCUT2D eigenvalue weighted by atomic mass is 10.1. The van der Waals surface area contributed by atoms with Gasteiger partial charge in [-0.15, -0.1) is 0 Å². The molecule has 1 saturated heterocycles. The van der Waals surface area contributed by atoms with Crippen molar-refractivity contribution in [3.05, 3.63) is 47.0 Å². The zero-order chi connectivity index (χ0) is 20.8. The van der Waals surface area contributed by atoms with Crippen LogP contribution >= 0.6 is 0 Å². The summed E-state index contributed by atoms with van der Waals surface area (Å²) in [4.78, 5) is 24.2. The Hall–Kier alpha value is -2.97. The molecule has 3 aromatic rings. The highest BCUT2D eigenvalue weighted by Crippen LogP contribution is 2.30. The van der Waals surface area contributed by atoms with E-state index in [-0.39, 0.29) is 18.8 Å². The SMILES string of the molecule is CO.Cn1cnc2cc(-c3ccc(OCCO)cc3)nc(N3CCCC3)c2c1=O. The predicted octanol–water partition coefficient (Wildman–Crippen LogP) is 1.58. The highest BCUT2D eigenvalue weighted by atomic mass is 16.5. The van der Waals surface area contributed by atoms with E-state index in [1.165, 1.54) is 4.57 Å². The maximum atomic E-state index is 12.7. The van der Waals surface area contributed by atoms with E-state index >= 15 is 0 Å². The largest absolute Gasteiger partial charge is 0.491 e. The van der Waals surface area contributed by atoms with Gasteiger partial charge in [0.2, 0.25) is 0 Å². The molecule has 8 heteroatoms. The molecule has 1 aliphatic rings. The van der Waals surface area contributed by atoms with Crippen molar-refractivity contribution >= 4 is 16.7 Å². The minimum atomic E-state index is -0.0753. The van der Waals surface area contributed by atoms with E-state index in [1.807, 2.05) is 30.3 Å². The number of aliphatic hydroxyl groups excluding tert-OH is 2. The number of rotatable bonds is 5. The van der Waals surface area contributed by atoms with Crippen molar-refractivity contribution in [1.82, 2.24) is 14.5 Å². The van der Waals surface area contributed by atoms with Gasteiger partial charge < -0.3 is 24.4 Å². The van der Waals surface area contributed by atoms with Crippen LogP contribution in [-0.2, 0) is 7.05 Å². The number of aromatic nitrogens is 3. The van der Waals surface area contributed by atoms with Crippen molar-refractivity contribution in [1.29, 1.82) is 0 Å². The number of aryl methyl sites for hydroxylation is 1. The summed E-state index contributed by atoms with van der Waals surface area (Å²) in [5, 5.41) is 16.4. The molecule has 0 aliphatic carbocycles. The van der Waals surface area contributed by atoms with Gasteiger partial charge in [0.25, 0.3) is 5.56 Å². The molecule has 1 aliphatic heterocycles. The molecule has 154 valence electrons. The Kier molecular flexibility index (Phi) is 6.79. The summed E-state index contributed by atoms with van der Waals surface area (Å²) in [5.74, 6) is 1.41. The second kappa shape index (κ2) is 9.49. The van der Waals surface area contributed by atoms with Crippen molar-refractivity contribution in [3.63, 3.8) is 0 Å². The molecular weight excluding hydrogens is 372 g/mol. The molecule has 1 fully saturated rings. The Morgan fingerprint density at radius 3 is 2.48 bits per heavy atom. The lowest BCUT2D eigenvalue weighted by molar-refractivity contribution is 0.201. The van der Waals surface area contributed by atoms with Crippen LogP contribution in [0.2, 0.25) is 0 Å². The van der Waals surface area contributed by atoms with E-state index in [1.54, 1.807) is 13.4 Å². The van der Waals surface area contributed by atoms with Gasteiger partial charge in [-0.3, -0.25) is 4.79 Å². The molecule has 29 heavy (non-hydrogen) atoms. The van der Waals surface area contributed by atoms with Crippen LogP contribution in [-0.4, -0.2) is 58.2 Å². The topological polar surface area (TPSA) is 101 Å². The molecule has 4 rings (SSSR count). The summed E-state index contributed by atoms with van der Waals surface area (Å²) in [6, 6.07) is 9.42. The van der Waals surface area contributed by atoms with Gasteiger partial charge in [0.15, 0.2) is 0 Å². The van der Waals surface area contributed by atoms with Crippen LogP contribution in [0.25, 0.3) is 22.2 Å². The van der Waals surface area contributed by atoms with E-state index in [0.29, 0.717) is 22.5 Å². The second-order valence-corrected chi connectivity index (χ2v) is 6.68. The van der Waals surface area contributed by atoms with Gasteiger partial charge in [-0.2, -0.15) is 0 Å². The van der Waals surface area contributed by atoms with Gasteiger partial charge in [0, 0.05) is 32.8 Å². The Bertz CT molecular complexity index is 1010. The number of aliphatic hydroxyl groups is 2. The van der Waals surface area contributed by atoms with Gasteiger partial charge in [-0.25, -0.2) is 9.97 Å². The third-order valence-corrected chi connectivity index (χ3v) is 4.80. The molecule has 0 radical (unpaired) electrons. The van der Waals surface area contributed by atoms with E-state index in [2.05, 4.69) is 9.88 Å². The third-order valence-electron chi connectivity index (χ3n) is 4.80. The molecule has 0 amide bonds. The van der Waals surface area contributed by atoms with Crippen LogP contribution in [0, 0.1) is 0 Å². The van der Waals surface area contributed by atoms with E-state index in [4.69, 9.17) is 19.9 Å². The van der Waals surface area contributed by atoms with Crippen molar-refractivity contribution in [2.45, 2.75) is 12.8 Å². The van der Waals surface area contributed by atoms with E-state index in [0.717, 1.165) is 44.3 Å². The number of benzene rings is 1. The summed E-state index contributed by atoms with van der Waals surface area (Å²) >= 11 is 0. The molecule has 0 bridgehead atoms. The normalized spacial score (nSPS) is 13.3. The fourth-order valence-corrected chi connectivity index (χ4v) is 3.39. The molecule has 2 N–H and O–H groups in total. The number of hydrogen-bond acceptors (Lipinski definition) is 7. The summed E-state index contributed by atoms with van der Waals surface area (Å²) in [7, 11) is 2.71. The van der Waals surface area contributed by atoms with Crippen LogP contribution in [0.15, 0.2) is 41.5 Å². The molecule has 3 heterocycles. The standard InChI is InChI=1S/C20H22N4O3.CH4O/c1-23-13-21-17-12-16(14-4-6-15(7-5-14)27-11-10-25)22-19(18(17)20(23)26)24-8-2-3-9-24;1-2/h4-7,12-13,25H,2-3,8-11H2,1H3;2H,1H3. The first-order valence-corrected chi connectivity index (χ1v) is 9.57. The molecule has 0 spiro atoms. The van der Waals surface area contributed by atoms with Crippen molar-refractivity contribution in [3.8, 4) is 17.0 Å². The fourth-order valence-electron chi connectivity index (χ4n) is 3.39. The predicted molar refractivity (Wildman–Crippen MR) is 112 cm³/mol. The molecule has 0 atom stereocenters. The Morgan fingerprint density at radius 2 is 1.83 bits per heavy atom. The first kappa shape index (κ1) is 20.8. The second-order valence-electron chi connectivity index (χ2n) is 6.68. The highest BCUT2D eigenvalue weighted by molar-refractivity contribution is 5.91. The average molecular weight is 398 g/mol. The van der Waals surface area contributed by atoms with Gasteiger partial charge in [0.1, 0.15) is 23.6 Å². The maximum absolute atomic E-state index is 12.7. The monoisotopic (exact) mass is 398 g/mol. The summed E-state index contributed by atoms with van der Waals surface area (Å²) in [6.45, 7) is 2.04. The van der Waals surface area contributed by atoms with E-state index < -0.39 is 0 Å². The first-order chi connectivity index (χ1) is 14.2. The quantitative estimate of drug-likeness (QED) is 0.673. The Morgan fingerprint density at radius 1 is 1.14 bits per heavy atom.